The summed E-state index contributed by atoms with van der Waals surface area (Å²) in [6, 6.07) is 16.4. The van der Waals surface area contributed by atoms with Crippen molar-refractivity contribution in [3.05, 3.63) is 54.1 Å². The standard InChI is InChI=1S/C17H19N3/c1-17(2,3)13-10-7-11-14-15(13)20-16(19-14)18-12-8-5-4-6-9-12/h4-11H,1-3H3,(H2,18,19,20). The van der Waals surface area contributed by atoms with Crippen LogP contribution in [0.5, 0.6) is 0 Å². The number of rotatable bonds is 2. The number of anilines is 2. The summed E-state index contributed by atoms with van der Waals surface area (Å²) < 4.78 is 0. The van der Waals surface area contributed by atoms with Crippen LogP contribution >= 0.6 is 0 Å². The van der Waals surface area contributed by atoms with Gasteiger partial charge in [-0.05, 0) is 29.2 Å². The maximum Gasteiger partial charge on any atom is 0.205 e. The Morgan fingerprint density at radius 3 is 2.40 bits per heavy atom. The lowest BCUT2D eigenvalue weighted by Gasteiger charge is -2.18. The van der Waals surface area contributed by atoms with Gasteiger partial charge in [0.25, 0.3) is 0 Å². The maximum atomic E-state index is 4.71. The van der Waals surface area contributed by atoms with Crippen LogP contribution in [0.25, 0.3) is 11.0 Å². The molecule has 20 heavy (non-hydrogen) atoms. The minimum atomic E-state index is 0.0821. The molecule has 0 radical (unpaired) electrons. The van der Waals surface area contributed by atoms with Crippen LogP contribution in [0.3, 0.4) is 0 Å². The van der Waals surface area contributed by atoms with Gasteiger partial charge in [0, 0.05) is 5.69 Å². The van der Waals surface area contributed by atoms with E-state index in [1.54, 1.807) is 0 Å². The first kappa shape index (κ1) is 12.7. The summed E-state index contributed by atoms with van der Waals surface area (Å²) in [7, 11) is 0. The molecule has 3 rings (SSSR count). The lowest BCUT2D eigenvalue weighted by molar-refractivity contribution is 0.595. The number of hydrogen-bond acceptors (Lipinski definition) is 2. The Labute approximate surface area is 119 Å². The SMILES string of the molecule is CC(C)(C)c1cccc2[nH]c(Nc3ccccc3)nc12. The molecule has 0 unspecified atom stereocenters. The predicted molar refractivity (Wildman–Crippen MR) is 84.5 cm³/mol. The smallest absolute Gasteiger partial charge is 0.205 e. The van der Waals surface area contributed by atoms with Gasteiger partial charge in [0.05, 0.1) is 11.0 Å². The van der Waals surface area contributed by atoms with E-state index < -0.39 is 0 Å². The molecule has 2 N–H and O–H groups in total. The van der Waals surface area contributed by atoms with Gasteiger partial charge in [0.15, 0.2) is 0 Å². The highest BCUT2D eigenvalue weighted by atomic mass is 15.1. The fourth-order valence-electron chi connectivity index (χ4n) is 2.35. The highest BCUT2D eigenvalue weighted by Crippen LogP contribution is 2.29. The fraction of sp³-hybridized carbons (Fsp3) is 0.235. The van der Waals surface area contributed by atoms with Crippen LogP contribution in [0.4, 0.5) is 11.6 Å². The molecular weight excluding hydrogens is 246 g/mol. The molecule has 0 aliphatic carbocycles. The second kappa shape index (κ2) is 4.67. The van der Waals surface area contributed by atoms with Crippen molar-refractivity contribution in [3.63, 3.8) is 0 Å². The molecule has 1 aromatic heterocycles. The molecule has 0 atom stereocenters. The quantitative estimate of drug-likeness (QED) is 0.710. The number of nitrogens with one attached hydrogen (secondary N) is 2. The summed E-state index contributed by atoms with van der Waals surface area (Å²) in [5.41, 5.74) is 4.48. The molecule has 0 saturated heterocycles. The second-order valence-electron chi connectivity index (χ2n) is 6.03. The summed E-state index contributed by atoms with van der Waals surface area (Å²) in [4.78, 5) is 8.04. The van der Waals surface area contributed by atoms with Crippen LogP contribution in [-0.2, 0) is 5.41 Å². The molecule has 3 nitrogen and oxygen atoms in total. The Morgan fingerprint density at radius 2 is 1.70 bits per heavy atom. The molecule has 0 saturated carbocycles. The van der Waals surface area contributed by atoms with Gasteiger partial charge in [0.1, 0.15) is 0 Å². The Bertz CT molecular complexity index is 721. The van der Waals surface area contributed by atoms with E-state index in [1.165, 1.54) is 5.56 Å². The number of H-pyrrole nitrogens is 1. The molecule has 3 aromatic rings. The number of hydrogen-bond donors (Lipinski definition) is 2. The zero-order valence-electron chi connectivity index (χ0n) is 12.1. The Morgan fingerprint density at radius 1 is 0.950 bits per heavy atom. The number of benzene rings is 2. The van der Waals surface area contributed by atoms with Gasteiger partial charge in [-0.2, -0.15) is 0 Å². The summed E-state index contributed by atoms with van der Waals surface area (Å²) >= 11 is 0. The van der Waals surface area contributed by atoms with E-state index in [2.05, 4.69) is 49.3 Å². The number of para-hydroxylation sites is 2. The summed E-state index contributed by atoms with van der Waals surface area (Å²) in [5, 5.41) is 3.31. The number of imidazole rings is 1. The van der Waals surface area contributed by atoms with Crippen molar-refractivity contribution in [3.8, 4) is 0 Å². The van der Waals surface area contributed by atoms with Gasteiger partial charge < -0.3 is 10.3 Å². The Hall–Kier alpha value is -2.29. The molecule has 0 spiro atoms. The van der Waals surface area contributed by atoms with E-state index in [9.17, 15) is 0 Å². The monoisotopic (exact) mass is 265 g/mol. The third-order valence-corrected chi connectivity index (χ3v) is 3.36. The molecule has 2 aromatic carbocycles. The molecular formula is C17H19N3. The Balaban J connectivity index is 2.03. The van der Waals surface area contributed by atoms with Crippen LogP contribution in [0, 0.1) is 0 Å². The van der Waals surface area contributed by atoms with Crippen LogP contribution in [0.2, 0.25) is 0 Å². The third kappa shape index (κ3) is 2.39. The van der Waals surface area contributed by atoms with Gasteiger partial charge in [-0.15, -0.1) is 0 Å². The highest BCUT2D eigenvalue weighted by Gasteiger charge is 2.18. The zero-order chi connectivity index (χ0) is 14.2. The molecule has 0 aliphatic rings. The fourth-order valence-corrected chi connectivity index (χ4v) is 2.35. The van der Waals surface area contributed by atoms with Crippen molar-refractivity contribution < 1.29 is 0 Å². The highest BCUT2D eigenvalue weighted by molar-refractivity contribution is 5.82. The largest absolute Gasteiger partial charge is 0.326 e. The van der Waals surface area contributed by atoms with Crippen molar-refractivity contribution in [2.45, 2.75) is 26.2 Å². The van der Waals surface area contributed by atoms with Gasteiger partial charge in [0.2, 0.25) is 5.95 Å². The summed E-state index contributed by atoms with van der Waals surface area (Å²) in [6.07, 6.45) is 0. The van der Waals surface area contributed by atoms with Crippen LogP contribution < -0.4 is 5.32 Å². The number of nitrogens with zero attached hydrogens (tertiary/aromatic N) is 1. The lowest BCUT2D eigenvalue weighted by Crippen LogP contribution is -2.11. The van der Waals surface area contributed by atoms with E-state index in [0.29, 0.717) is 0 Å². The Kier molecular flexibility index (Phi) is 2.97. The van der Waals surface area contributed by atoms with E-state index >= 15 is 0 Å². The van der Waals surface area contributed by atoms with Crippen molar-refractivity contribution in [2.75, 3.05) is 5.32 Å². The average Bonchev–Trinajstić information content (AvgIpc) is 2.80. The van der Waals surface area contributed by atoms with Gasteiger partial charge in [-0.3, -0.25) is 0 Å². The van der Waals surface area contributed by atoms with E-state index in [4.69, 9.17) is 4.98 Å². The lowest BCUT2D eigenvalue weighted by atomic mass is 9.86. The van der Waals surface area contributed by atoms with Crippen molar-refractivity contribution in [1.82, 2.24) is 9.97 Å². The molecule has 0 amide bonds. The molecule has 3 heteroatoms. The molecule has 0 aliphatic heterocycles. The minimum absolute atomic E-state index is 0.0821. The topological polar surface area (TPSA) is 40.7 Å². The first-order valence-corrected chi connectivity index (χ1v) is 6.85. The first-order chi connectivity index (χ1) is 9.54. The molecule has 0 fully saturated rings. The number of aromatic nitrogens is 2. The molecule has 0 bridgehead atoms. The van der Waals surface area contributed by atoms with E-state index in [0.717, 1.165) is 22.7 Å². The van der Waals surface area contributed by atoms with Gasteiger partial charge in [-0.1, -0.05) is 51.1 Å². The van der Waals surface area contributed by atoms with Crippen molar-refractivity contribution in [1.29, 1.82) is 0 Å². The normalized spacial score (nSPS) is 11.8. The predicted octanol–water partition coefficient (Wildman–Crippen LogP) is 4.60. The maximum absolute atomic E-state index is 4.71. The van der Waals surface area contributed by atoms with Crippen LogP contribution in [0.1, 0.15) is 26.3 Å². The third-order valence-electron chi connectivity index (χ3n) is 3.36. The number of fused-ring (bicyclic) bond motifs is 1. The summed E-state index contributed by atoms with van der Waals surface area (Å²) in [5.74, 6) is 0.780. The molecule has 1 heterocycles. The summed E-state index contributed by atoms with van der Waals surface area (Å²) in [6.45, 7) is 6.63. The minimum Gasteiger partial charge on any atom is -0.326 e. The van der Waals surface area contributed by atoms with Gasteiger partial charge in [-0.25, -0.2) is 4.98 Å². The van der Waals surface area contributed by atoms with E-state index in [-0.39, 0.29) is 5.41 Å². The number of aromatic amines is 1. The van der Waals surface area contributed by atoms with E-state index in [1.807, 2.05) is 30.3 Å². The first-order valence-electron chi connectivity index (χ1n) is 6.85. The average molecular weight is 265 g/mol. The van der Waals surface area contributed by atoms with Crippen molar-refractivity contribution >= 4 is 22.7 Å². The zero-order valence-corrected chi connectivity index (χ0v) is 12.1. The second-order valence-corrected chi connectivity index (χ2v) is 6.03. The van der Waals surface area contributed by atoms with Crippen LogP contribution in [0.15, 0.2) is 48.5 Å². The van der Waals surface area contributed by atoms with Gasteiger partial charge >= 0.3 is 0 Å². The van der Waals surface area contributed by atoms with Crippen LogP contribution in [-0.4, -0.2) is 9.97 Å². The van der Waals surface area contributed by atoms with Crippen molar-refractivity contribution in [2.24, 2.45) is 0 Å². The molecule has 102 valence electrons.